The van der Waals surface area contributed by atoms with E-state index in [9.17, 15) is 10.1 Å². The number of furan rings is 1. The van der Waals surface area contributed by atoms with E-state index in [1.165, 1.54) is 11.0 Å². The van der Waals surface area contributed by atoms with Crippen LogP contribution in [-0.4, -0.2) is 11.0 Å². The second-order valence-electron chi connectivity index (χ2n) is 9.47. The lowest BCUT2D eigenvalue weighted by molar-refractivity contribution is -0.115. The van der Waals surface area contributed by atoms with E-state index in [-0.39, 0.29) is 16.4 Å². The number of benzene rings is 1. The van der Waals surface area contributed by atoms with Gasteiger partial charge < -0.3 is 9.73 Å². The molecule has 0 saturated heterocycles. The summed E-state index contributed by atoms with van der Waals surface area (Å²) in [4.78, 5) is 13.6. The van der Waals surface area contributed by atoms with Gasteiger partial charge in [0.25, 0.3) is 0 Å². The van der Waals surface area contributed by atoms with Crippen LogP contribution in [0.1, 0.15) is 49.0 Å². The second-order valence-corrected chi connectivity index (χ2v) is 11.0. The van der Waals surface area contributed by atoms with Gasteiger partial charge in [-0.15, -0.1) is 11.3 Å². The van der Waals surface area contributed by atoms with Crippen molar-refractivity contribution in [2.75, 3.05) is 5.32 Å². The normalized spacial score (nSPS) is 15.5. The molecular weight excluding hydrogens is 462 g/mol. The first kappa shape index (κ1) is 23.9. The molecule has 1 amide bonds. The van der Waals surface area contributed by atoms with E-state index < -0.39 is 0 Å². The zero-order chi connectivity index (χ0) is 24.3. The number of nitrogens with one attached hydrogen (secondary N) is 2. The lowest BCUT2D eigenvalue weighted by Crippen LogP contribution is -2.32. The SMILES string of the molecule is CC(C)(C)[C@H]1CCc2c(sc(NC(=S)NC(=O)/C=C/c3ccc(-c4ccccc4)o3)c2C#N)C1. The predicted molar refractivity (Wildman–Crippen MR) is 142 cm³/mol. The van der Waals surface area contributed by atoms with Gasteiger partial charge in [-0.2, -0.15) is 5.26 Å². The molecule has 34 heavy (non-hydrogen) atoms. The van der Waals surface area contributed by atoms with Crippen LogP contribution in [0.3, 0.4) is 0 Å². The minimum Gasteiger partial charge on any atom is -0.457 e. The monoisotopic (exact) mass is 489 g/mol. The average molecular weight is 490 g/mol. The Labute approximate surface area is 209 Å². The standard InChI is InChI=1S/C27H27N3O2S2/c1-27(2,3)18-9-12-20-21(16-28)25(34-23(20)15-18)30-26(33)29-24(31)14-11-19-10-13-22(32-19)17-7-5-4-6-8-17/h4-8,10-11,13-14,18H,9,12,15H2,1-3H3,(H2,29,30,31,33)/b14-11+/t18-/m0/s1. The van der Waals surface area contributed by atoms with E-state index in [1.54, 1.807) is 17.4 Å². The molecule has 0 spiro atoms. The van der Waals surface area contributed by atoms with Crippen LogP contribution in [0.5, 0.6) is 0 Å². The Bertz CT molecular complexity index is 1270. The number of nitrogens with zero attached hydrogens (tertiary/aromatic N) is 1. The van der Waals surface area contributed by atoms with Crippen molar-refractivity contribution >= 4 is 45.7 Å². The number of hydrogen-bond acceptors (Lipinski definition) is 5. The molecule has 2 N–H and O–H groups in total. The molecule has 1 aliphatic carbocycles. The van der Waals surface area contributed by atoms with Gasteiger partial charge in [0.2, 0.25) is 5.91 Å². The first-order chi connectivity index (χ1) is 16.2. The summed E-state index contributed by atoms with van der Waals surface area (Å²) in [5.74, 6) is 1.51. The fourth-order valence-corrected chi connectivity index (χ4v) is 5.73. The molecular formula is C27H27N3O2S2. The summed E-state index contributed by atoms with van der Waals surface area (Å²) in [6, 6.07) is 15.8. The molecule has 5 nitrogen and oxygen atoms in total. The minimum absolute atomic E-state index is 0.168. The maximum atomic E-state index is 12.4. The fourth-order valence-electron chi connectivity index (χ4n) is 4.18. The third-order valence-corrected chi connectivity index (χ3v) is 7.52. The predicted octanol–water partition coefficient (Wildman–Crippen LogP) is 6.56. The van der Waals surface area contributed by atoms with Gasteiger partial charge in [0.15, 0.2) is 5.11 Å². The summed E-state index contributed by atoms with van der Waals surface area (Å²) in [7, 11) is 0. The summed E-state index contributed by atoms with van der Waals surface area (Å²) in [5.41, 5.74) is 2.96. The molecule has 0 bridgehead atoms. The van der Waals surface area contributed by atoms with Crippen molar-refractivity contribution in [1.29, 1.82) is 5.26 Å². The highest BCUT2D eigenvalue weighted by Gasteiger charge is 2.32. The zero-order valence-electron chi connectivity index (χ0n) is 19.5. The molecule has 1 aliphatic rings. The van der Waals surface area contributed by atoms with Crippen molar-refractivity contribution in [1.82, 2.24) is 5.32 Å². The lowest BCUT2D eigenvalue weighted by Gasteiger charge is -2.33. The average Bonchev–Trinajstić information content (AvgIpc) is 3.41. The van der Waals surface area contributed by atoms with E-state index >= 15 is 0 Å². The molecule has 4 rings (SSSR count). The summed E-state index contributed by atoms with van der Waals surface area (Å²) < 4.78 is 5.78. The topological polar surface area (TPSA) is 78.1 Å². The van der Waals surface area contributed by atoms with Gasteiger partial charge in [0.05, 0.1) is 5.56 Å². The highest BCUT2D eigenvalue weighted by atomic mass is 32.1. The number of thiophene rings is 1. The maximum Gasteiger partial charge on any atom is 0.250 e. The minimum atomic E-state index is -0.372. The highest BCUT2D eigenvalue weighted by Crippen LogP contribution is 2.43. The summed E-state index contributed by atoms with van der Waals surface area (Å²) in [6.07, 6.45) is 5.91. The molecule has 7 heteroatoms. The van der Waals surface area contributed by atoms with Gasteiger partial charge in [-0.05, 0) is 66.6 Å². The second kappa shape index (κ2) is 9.96. The van der Waals surface area contributed by atoms with Crippen LogP contribution < -0.4 is 10.6 Å². The van der Waals surface area contributed by atoms with E-state index in [1.807, 2.05) is 42.5 Å². The van der Waals surface area contributed by atoms with Gasteiger partial charge >= 0.3 is 0 Å². The van der Waals surface area contributed by atoms with Crippen LogP contribution in [0.4, 0.5) is 5.00 Å². The molecule has 2 heterocycles. The third-order valence-electron chi connectivity index (χ3n) is 6.15. The lowest BCUT2D eigenvalue weighted by atomic mass is 9.72. The molecule has 0 aliphatic heterocycles. The van der Waals surface area contributed by atoms with Crippen molar-refractivity contribution in [2.24, 2.45) is 11.3 Å². The Balaban J connectivity index is 1.38. The number of thiocarbonyl (C=S) groups is 1. The van der Waals surface area contributed by atoms with Gasteiger partial charge in [0.1, 0.15) is 22.6 Å². The van der Waals surface area contributed by atoms with E-state index in [4.69, 9.17) is 16.6 Å². The van der Waals surface area contributed by atoms with Crippen molar-refractivity contribution in [3.8, 4) is 17.4 Å². The molecule has 2 aromatic heterocycles. The zero-order valence-corrected chi connectivity index (χ0v) is 21.1. The number of amides is 1. The maximum absolute atomic E-state index is 12.4. The van der Waals surface area contributed by atoms with Crippen molar-refractivity contribution < 1.29 is 9.21 Å². The molecule has 0 fully saturated rings. The van der Waals surface area contributed by atoms with Crippen molar-refractivity contribution in [3.63, 3.8) is 0 Å². The van der Waals surface area contributed by atoms with Crippen LogP contribution in [0.25, 0.3) is 17.4 Å². The van der Waals surface area contributed by atoms with Crippen LogP contribution in [0.2, 0.25) is 0 Å². The highest BCUT2D eigenvalue weighted by molar-refractivity contribution is 7.80. The number of anilines is 1. The van der Waals surface area contributed by atoms with Crippen LogP contribution >= 0.6 is 23.6 Å². The number of nitriles is 1. The summed E-state index contributed by atoms with van der Waals surface area (Å²) in [5, 5.41) is 16.3. The van der Waals surface area contributed by atoms with Gasteiger partial charge in [-0.3, -0.25) is 10.1 Å². The Morgan fingerprint density at radius 3 is 2.71 bits per heavy atom. The van der Waals surface area contributed by atoms with Crippen LogP contribution in [0.15, 0.2) is 53.0 Å². The van der Waals surface area contributed by atoms with Gasteiger partial charge in [-0.1, -0.05) is 51.1 Å². The Kier molecular flexibility index (Phi) is 7.01. The molecule has 0 radical (unpaired) electrons. The largest absolute Gasteiger partial charge is 0.457 e. The summed E-state index contributed by atoms with van der Waals surface area (Å²) in [6.45, 7) is 6.80. The Morgan fingerprint density at radius 1 is 1.24 bits per heavy atom. The number of hydrogen-bond donors (Lipinski definition) is 2. The fraction of sp³-hybridized carbons (Fsp3) is 0.296. The number of carbonyl (C=O) groups excluding carboxylic acids is 1. The van der Waals surface area contributed by atoms with Crippen molar-refractivity contribution in [3.05, 3.63) is 70.3 Å². The van der Waals surface area contributed by atoms with Gasteiger partial charge in [-0.25, -0.2) is 0 Å². The molecule has 1 aromatic carbocycles. The Morgan fingerprint density at radius 2 is 2.00 bits per heavy atom. The number of carbonyl (C=O) groups is 1. The van der Waals surface area contributed by atoms with Crippen LogP contribution in [0, 0.1) is 22.7 Å². The van der Waals surface area contributed by atoms with Crippen molar-refractivity contribution in [2.45, 2.75) is 40.0 Å². The first-order valence-electron chi connectivity index (χ1n) is 11.2. The van der Waals surface area contributed by atoms with E-state index in [2.05, 4.69) is 37.5 Å². The molecule has 174 valence electrons. The summed E-state index contributed by atoms with van der Waals surface area (Å²) >= 11 is 6.91. The number of rotatable bonds is 4. The third kappa shape index (κ3) is 5.46. The Hall–Kier alpha value is -3.21. The van der Waals surface area contributed by atoms with E-state index in [0.29, 0.717) is 22.2 Å². The molecule has 0 saturated carbocycles. The number of fused-ring (bicyclic) bond motifs is 1. The van der Waals surface area contributed by atoms with Gasteiger partial charge in [0, 0.05) is 16.5 Å². The molecule has 0 unspecified atom stereocenters. The molecule has 1 atom stereocenters. The smallest absolute Gasteiger partial charge is 0.250 e. The van der Waals surface area contributed by atoms with Crippen LogP contribution in [-0.2, 0) is 17.6 Å². The quantitative estimate of drug-likeness (QED) is 0.321. The van der Waals surface area contributed by atoms with E-state index in [0.717, 1.165) is 36.1 Å². The molecule has 3 aromatic rings. The first-order valence-corrected chi connectivity index (χ1v) is 12.5.